The highest BCUT2D eigenvalue weighted by molar-refractivity contribution is 6.29. The number of anilines is 2. The molecule has 219 valence electrons. The number of alkyl halides is 6. The molecule has 5 N–H and O–H groups in total. The Labute approximate surface area is 236 Å². The van der Waals surface area contributed by atoms with Gasteiger partial charge in [-0.15, -0.1) is 0 Å². The van der Waals surface area contributed by atoms with Crippen LogP contribution in [0.4, 0.5) is 38.0 Å². The van der Waals surface area contributed by atoms with E-state index in [0.29, 0.717) is 18.7 Å². The molecular formula is C23H23BClF6N8O2. The summed E-state index contributed by atoms with van der Waals surface area (Å²) in [5.74, 6) is 0.324. The smallest absolute Gasteiger partial charge is 0.536 e. The van der Waals surface area contributed by atoms with Gasteiger partial charge in [-0.25, -0.2) is 9.97 Å². The minimum Gasteiger partial charge on any atom is -0.536 e. The zero-order valence-corrected chi connectivity index (χ0v) is 21.3. The molecule has 0 spiro atoms. The van der Waals surface area contributed by atoms with Crippen molar-refractivity contribution in [1.82, 2.24) is 29.9 Å². The average Bonchev–Trinajstić information content (AvgIpc) is 2.85. The van der Waals surface area contributed by atoms with Gasteiger partial charge in [-0.3, -0.25) is 19.9 Å². The molecule has 0 unspecified atom stereocenters. The van der Waals surface area contributed by atoms with Gasteiger partial charge in [0.25, 0.3) is 0 Å². The van der Waals surface area contributed by atoms with Gasteiger partial charge in [-0.2, -0.15) is 26.3 Å². The first-order valence-electron chi connectivity index (χ1n) is 10.6. The van der Waals surface area contributed by atoms with Gasteiger partial charge in [0.15, 0.2) is 0 Å². The number of rotatable bonds is 3. The number of aromatic nitrogens is 6. The molecule has 0 saturated carbocycles. The summed E-state index contributed by atoms with van der Waals surface area (Å²) >= 11 is 5.39. The van der Waals surface area contributed by atoms with Crippen LogP contribution in [0.15, 0.2) is 49.3 Å². The Kier molecular flexibility index (Phi) is 12.7. The number of aryl methyl sites for hydroxylation is 2. The largest absolute Gasteiger partial charge is 0.569 e. The molecular weight excluding hydrogens is 581 g/mol. The summed E-state index contributed by atoms with van der Waals surface area (Å²) in [5, 5.41) is 8.55. The third kappa shape index (κ3) is 11.0. The molecule has 41 heavy (non-hydrogen) atoms. The summed E-state index contributed by atoms with van der Waals surface area (Å²) in [6.45, 7) is 2.55. The Morgan fingerprint density at radius 3 is 1.76 bits per heavy atom. The lowest BCUT2D eigenvalue weighted by molar-refractivity contribution is -0.139. The lowest BCUT2D eigenvalue weighted by Gasteiger charge is -2.10. The molecule has 4 aromatic rings. The van der Waals surface area contributed by atoms with E-state index >= 15 is 0 Å². The zero-order chi connectivity index (χ0) is 30.1. The predicted molar refractivity (Wildman–Crippen MR) is 140 cm³/mol. The second-order valence-corrected chi connectivity index (χ2v) is 7.86. The standard InChI is InChI=1S/C11H9F3N4.C7H6BF3NO2.C4H4ClN3.CH4/c1-6-8(11(12,13)14)2-7(3-17-6)9-4-16-5-10(15)18-9;1-4-6(7(9,10)11)2-5(3-12-4)14-8-13;5-3-1-7-2-4(6)8-3;/h2-5H,1H3,(H2,15,18);2-3,13H,1H3;1-2H,(H2,6,8);1H4. The van der Waals surface area contributed by atoms with Crippen molar-refractivity contribution in [3.05, 3.63) is 77.0 Å². The molecule has 10 nitrogen and oxygen atoms in total. The molecule has 4 heterocycles. The molecule has 4 rings (SSSR count). The van der Waals surface area contributed by atoms with Gasteiger partial charge in [-0.1, -0.05) is 19.0 Å². The Bertz CT molecular complexity index is 1410. The fourth-order valence-corrected chi connectivity index (χ4v) is 2.92. The van der Waals surface area contributed by atoms with E-state index in [4.69, 9.17) is 28.1 Å². The number of nitrogens with zero attached hydrogens (tertiary/aromatic N) is 6. The van der Waals surface area contributed by atoms with Crippen molar-refractivity contribution < 1.29 is 36.0 Å². The highest BCUT2D eigenvalue weighted by Gasteiger charge is 2.34. The molecule has 0 bridgehead atoms. The first kappa shape index (κ1) is 34.8. The van der Waals surface area contributed by atoms with Crippen molar-refractivity contribution in [1.29, 1.82) is 0 Å². The Morgan fingerprint density at radius 1 is 0.780 bits per heavy atom. The molecule has 0 amide bonds. The molecule has 0 atom stereocenters. The van der Waals surface area contributed by atoms with Gasteiger partial charge in [-0.05, 0) is 26.0 Å². The molecule has 0 aromatic carbocycles. The zero-order valence-electron chi connectivity index (χ0n) is 20.5. The van der Waals surface area contributed by atoms with E-state index in [2.05, 4.69) is 34.6 Å². The molecule has 0 aliphatic rings. The summed E-state index contributed by atoms with van der Waals surface area (Å²) < 4.78 is 79.4. The van der Waals surface area contributed by atoms with Crippen molar-refractivity contribution in [3.63, 3.8) is 0 Å². The topological polar surface area (TPSA) is 159 Å². The summed E-state index contributed by atoms with van der Waals surface area (Å²) in [4.78, 5) is 22.2. The van der Waals surface area contributed by atoms with Crippen molar-refractivity contribution in [3.8, 4) is 17.0 Å². The minimum atomic E-state index is -4.47. The van der Waals surface area contributed by atoms with Crippen LogP contribution in [-0.2, 0) is 12.4 Å². The Morgan fingerprint density at radius 2 is 1.29 bits per heavy atom. The highest BCUT2D eigenvalue weighted by Crippen LogP contribution is 2.34. The Hall–Kier alpha value is -4.25. The molecule has 18 heteroatoms. The monoisotopic (exact) mass is 603 g/mol. The van der Waals surface area contributed by atoms with Gasteiger partial charge >= 0.3 is 20.0 Å². The predicted octanol–water partition coefficient (Wildman–Crippen LogP) is 5.11. The van der Waals surface area contributed by atoms with E-state index in [-0.39, 0.29) is 41.6 Å². The molecule has 1 radical (unpaired) electrons. The van der Waals surface area contributed by atoms with Crippen LogP contribution in [0.1, 0.15) is 29.9 Å². The third-order valence-corrected chi connectivity index (χ3v) is 4.70. The van der Waals surface area contributed by atoms with Crippen LogP contribution in [0.3, 0.4) is 0 Å². The van der Waals surface area contributed by atoms with Crippen LogP contribution >= 0.6 is 11.6 Å². The number of nitrogens with two attached hydrogens (primary N) is 2. The lowest BCUT2D eigenvalue weighted by Crippen LogP contribution is -2.10. The number of hydrogen-bond donors (Lipinski definition) is 3. The molecule has 0 aliphatic carbocycles. The van der Waals surface area contributed by atoms with Crippen LogP contribution < -0.4 is 16.1 Å². The second-order valence-electron chi connectivity index (χ2n) is 7.48. The quantitative estimate of drug-likeness (QED) is 0.212. The number of hydrogen-bond acceptors (Lipinski definition) is 10. The summed E-state index contributed by atoms with van der Waals surface area (Å²) in [6.07, 6.45) is -0.986. The van der Waals surface area contributed by atoms with Crippen LogP contribution in [0, 0.1) is 13.8 Å². The first-order valence-corrected chi connectivity index (χ1v) is 11.0. The normalized spacial score (nSPS) is 10.7. The van der Waals surface area contributed by atoms with Crippen molar-refractivity contribution >= 4 is 30.9 Å². The van der Waals surface area contributed by atoms with E-state index in [1.807, 2.05) is 0 Å². The minimum absolute atomic E-state index is 0. The van der Waals surface area contributed by atoms with E-state index in [1.54, 1.807) is 0 Å². The number of pyridine rings is 2. The fraction of sp³-hybridized carbons (Fsp3) is 0.217. The Balaban J connectivity index is 0.000000325. The summed E-state index contributed by atoms with van der Waals surface area (Å²) in [7, 11) is 0.298. The fourth-order valence-electron chi connectivity index (χ4n) is 2.76. The maximum Gasteiger partial charge on any atom is 0.569 e. The lowest BCUT2D eigenvalue weighted by atomic mass is 10.1. The molecule has 0 aliphatic heterocycles. The van der Waals surface area contributed by atoms with Gasteiger partial charge in [0, 0.05) is 23.1 Å². The van der Waals surface area contributed by atoms with E-state index in [0.717, 1.165) is 18.3 Å². The summed E-state index contributed by atoms with van der Waals surface area (Å²) in [5.41, 5.74) is 9.24. The first-order chi connectivity index (χ1) is 18.6. The molecule has 0 saturated heterocycles. The van der Waals surface area contributed by atoms with Crippen LogP contribution in [-0.4, -0.2) is 42.6 Å². The van der Waals surface area contributed by atoms with Crippen LogP contribution in [0.25, 0.3) is 11.3 Å². The van der Waals surface area contributed by atoms with Crippen LogP contribution in [0.2, 0.25) is 5.15 Å². The van der Waals surface area contributed by atoms with Gasteiger partial charge in [0.05, 0.1) is 47.8 Å². The van der Waals surface area contributed by atoms with Gasteiger partial charge in [0.2, 0.25) is 0 Å². The van der Waals surface area contributed by atoms with E-state index in [9.17, 15) is 26.3 Å². The van der Waals surface area contributed by atoms with Crippen molar-refractivity contribution in [2.24, 2.45) is 0 Å². The number of halogens is 7. The molecule has 0 fully saturated rings. The SMILES string of the molecule is C.Cc1ncc(-c2cncc(N)n2)cc1C(F)(F)F.Cc1ncc(O[B]O)cc1C(F)(F)F.Nc1cncc(Cl)n1. The highest BCUT2D eigenvalue weighted by atomic mass is 35.5. The number of nitrogen functional groups attached to an aromatic ring is 2. The van der Waals surface area contributed by atoms with Crippen molar-refractivity contribution in [2.75, 3.05) is 11.5 Å². The van der Waals surface area contributed by atoms with E-state index in [1.165, 1.54) is 44.8 Å². The third-order valence-electron chi connectivity index (χ3n) is 4.52. The molecule has 4 aromatic heterocycles. The summed E-state index contributed by atoms with van der Waals surface area (Å²) in [6, 6.07) is 1.76. The van der Waals surface area contributed by atoms with Gasteiger partial charge < -0.3 is 21.1 Å². The maximum absolute atomic E-state index is 12.7. The van der Waals surface area contributed by atoms with Crippen LogP contribution in [0.5, 0.6) is 5.75 Å². The van der Waals surface area contributed by atoms with Crippen molar-refractivity contribution in [2.45, 2.75) is 33.6 Å². The second kappa shape index (κ2) is 14.9. The maximum atomic E-state index is 12.7. The average molecular weight is 604 g/mol. The van der Waals surface area contributed by atoms with E-state index < -0.39 is 23.5 Å². The van der Waals surface area contributed by atoms with Gasteiger partial charge in [0.1, 0.15) is 22.5 Å².